The molecule has 162 valence electrons. The van der Waals surface area contributed by atoms with Gasteiger partial charge in [0.1, 0.15) is 18.2 Å². The molecule has 0 aliphatic rings. The fourth-order valence-electron chi connectivity index (χ4n) is 4.59. The molecule has 3 nitrogen and oxygen atoms in total. The van der Waals surface area contributed by atoms with E-state index in [0.717, 1.165) is 44.4 Å². The fourth-order valence-corrected chi connectivity index (χ4v) is 4.59. The zero-order valence-electron chi connectivity index (χ0n) is 23.2. The van der Waals surface area contributed by atoms with Gasteiger partial charge in [-0.15, -0.1) is 0 Å². The molecule has 0 amide bonds. The molecule has 1 unspecified atom stereocenters. The van der Waals surface area contributed by atoms with Crippen molar-refractivity contribution in [3.05, 3.63) is 95.0 Å². The van der Waals surface area contributed by atoms with Crippen LogP contribution in [0.3, 0.4) is 0 Å². The zero-order chi connectivity index (χ0) is 26.7. The SMILES string of the molecule is [2H]C([2H])([2H])C([2H])(C)c1cc(C)[n+](C)c(-c2c(C)cc(-c3ccccc3)c3c2oc2c([N+]#[C-])cccc23)c1. The van der Waals surface area contributed by atoms with Gasteiger partial charge in [0.15, 0.2) is 5.69 Å². The summed E-state index contributed by atoms with van der Waals surface area (Å²) in [7, 11) is 1.93. The molecule has 0 saturated heterocycles. The number of hydrogen-bond acceptors (Lipinski definition) is 1. The second-order valence-corrected chi connectivity index (χ2v) is 8.51. The molecule has 33 heavy (non-hydrogen) atoms. The molecule has 3 heteroatoms. The maximum absolute atomic E-state index is 8.72. The van der Waals surface area contributed by atoms with Crippen LogP contribution in [0.2, 0.25) is 0 Å². The minimum Gasteiger partial charge on any atom is -0.466 e. The highest BCUT2D eigenvalue weighted by atomic mass is 16.3. The van der Waals surface area contributed by atoms with Crippen LogP contribution < -0.4 is 4.57 Å². The Labute approximate surface area is 200 Å². The van der Waals surface area contributed by atoms with E-state index in [1.807, 2.05) is 55.8 Å². The van der Waals surface area contributed by atoms with Crippen molar-refractivity contribution in [3.63, 3.8) is 0 Å². The standard InChI is InChI=1S/C30H27N2O/c1-18(2)22-16-20(4)32(6)26(17-22)27-19(3)15-24(21-11-8-7-9-12-21)28-23-13-10-14-25(31-5)29(23)33-30(27)28/h7-18H,1-4,6H3/q+1/i1D3,18D. The molecule has 0 radical (unpaired) electrons. The van der Waals surface area contributed by atoms with Gasteiger partial charge in [-0.2, -0.15) is 4.57 Å². The number of nitrogens with zero attached hydrogens (tertiary/aromatic N) is 2. The third kappa shape index (κ3) is 3.31. The largest absolute Gasteiger partial charge is 0.466 e. The van der Waals surface area contributed by atoms with Crippen molar-refractivity contribution in [1.82, 2.24) is 0 Å². The molecular formula is C30H27N2O+. The number of rotatable bonds is 3. The number of benzene rings is 3. The Morgan fingerprint density at radius 1 is 1.03 bits per heavy atom. The number of aromatic nitrogens is 1. The Morgan fingerprint density at radius 3 is 2.55 bits per heavy atom. The third-order valence-corrected chi connectivity index (χ3v) is 6.39. The second-order valence-electron chi connectivity index (χ2n) is 8.51. The molecular weight excluding hydrogens is 404 g/mol. The summed E-state index contributed by atoms with van der Waals surface area (Å²) >= 11 is 0. The zero-order valence-corrected chi connectivity index (χ0v) is 19.2. The Balaban J connectivity index is 1.94. The van der Waals surface area contributed by atoms with E-state index in [2.05, 4.69) is 23.0 Å². The van der Waals surface area contributed by atoms with Crippen molar-refractivity contribution in [2.45, 2.75) is 33.5 Å². The maximum atomic E-state index is 8.72. The first-order chi connectivity index (χ1) is 17.5. The lowest BCUT2D eigenvalue weighted by Crippen LogP contribution is -2.35. The molecule has 3 aromatic carbocycles. The van der Waals surface area contributed by atoms with Crippen molar-refractivity contribution >= 4 is 27.6 Å². The van der Waals surface area contributed by atoms with E-state index in [9.17, 15) is 0 Å². The third-order valence-electron chi connectivity index (χ3n) is 6.39. The summed E-state index contributed by atoms with van der Waals surface area (Å²) in [5.74, 6) is -1.79. The molecule has 0 fully saturated rings. The number of furan rings is 1. The highest BCUT2D eigenvalue weighted by Crippen LogP contribution is 2.45. The molecule has 0 aliphatic heterocycles. The van der Waals surface area contributed by atoms with E-state index in [1.54, 1.807) is 18.2 Å². The van der Waals surface area contributed by atoms with Gasteiger partial charge in [0.05, 0.1) is 12.1 Å². The summed E-state index contributed by atoms with van der Waals surface area (Å²) in [4.78, 5) is 3.69. The predicted molar refractivity (Wildman–Crippen MR) is 136 cm³/mol. The molecule has 5 aromatic rings. The molecule has 0 bridgehead atoms. The van der Waals surface area contributed by atoms with E-state index in [-0.39, 0.29) is 0 Å². The Bertz CT molecular complexity index is 1730. The molecule has 0 saturated carbocycles. The van der Waals surface area contributed by atoms with E-state index >= 15 is 0 Å². The summed E-state index contributed by atoms with van der Waals surface area (Å²) in [6.45, 7) is 10.5. The van der Waals surface area contributed by atoms with Gasteiger partial charge in [-0.3, -0.25) is 0 Å². The van der Waals surface area contributed by atoms with Crippen LogP contribution in [-0.4, -0.2) is 0 Å². The number of para-hydroxylation sites is 1. The van der Waals surface area contributed by atoms with Crippen molar-refractivity contribution < 1.29 is 14.5 Å². The van der Waals surface area contributed by atoms with Crippen LogP contribution in [0.15, 0.2) is 71.1 Å². The summed E-state index contributed by atoms with van der Waals surface area (Å²) in [5, 5.41) is 1.76. The topological polar surface area (TPSA) is 21.4 Å². The van der Waals surface area contributed by atoms with Crippen molar-refractivity contribution in [1.29, 1.82) is 0 Å². The van der Waals surface area contributed by atoms with Crippen LogP contribution in [0.1, 0.15) is 42.0 Å². The lowest BCUT2D eigenvalue weighted by Gasteiger charge is -2.13. The molecule has 1 atom stereocenters. The van der Waals surface area contributed by atoms with Crippen LogP contribution >= 0.6 is 0 Å². The van der Waals surface area contributed by atoms with Crippen LogP contribution in [0.4, 0.5) is 5.69 Å². The lowest BCUT2D eigenvalue weighted by atomic mass is 9.91. The van der Waals surface area contributed by atoms with E-state index in [1.165, 1.54) is 6.92 Å². The minimum absolute atomic E-state index is 0.413. The Hall–Kier alpha value is -3.90. The van der Waals surface area contributed by atoms with E-state index in [4.69, 9.17) is 16.5 Å². The van der Waals surface area contributed by atoms with Crippen molar-refractivity contribution in [3.8, 4) is 22.4 Å². The van der Waals surface area contributed by atoms with Crippen LogP contribution in [0.25, 0.3) is 49.2 Å². The normalized spacial score (nSPS) is 15.4. The first-order valence-corrected chi connectivity index (χ1v) is 10.9. The highest BCUT2D eigenvalue weighted by molar-refractivity contribution is 6.18. The maximum Gasteiger partial charge on any atom is 0.229 e. The summed E-state index contributed by atoms with van der Waals surface area (Å²) in [6.07, 6.45) is 0. The second kappa shape index (κ2) is 7.90. The first kappa shape index (κ1) is 16.7. The average Bonchev–Trinajstić information content (AvgIpc) is 3.24. The van der Waals surface area contributed by atoms with Gasteiger partial charge >= 0.3 is 0 Å². The van der Waals surface area contributed by atoms with Crippen molar-refractivity contribution in [2.75, 3.05) is 0 Å². The van der Waals surface area contributed by atoms with Gasteiger partial charge in [-0.05, 0) is 41.1 Å². The van der Waals surface area contributed by atoms with Crippen LogP contribution in [-0.2, 0) is 7.05 Å². The highest BCUT2D eigenvalue weighted by Gasteiger charge is 2.26. The summed E-state index contributed by atoms with van der Waals surface area (Å²) in [6, 6.07) is 21.3. The van der Waals surface area contributed by atoms with Crippen LogP contribution in [0.5, 0.6) is 0 Å². The Kier molecular flexibility index (Phi) is 4.00. The summed E-state index contributed by atoms with van der Waals surface area (Å²) in [5.41, 5.74) is 7.39. The first-order valence-electron chi connectivity index (χ1n) is 12.9. The van der Waals surface area contributed by atoms with Gasteiger partial charge in [0.2, 0.25) is 11.4 Å². The van der Waals surface area contributed by atoms with Gasteiger partial charge in [-0.1, -0.05) is 62.3 Å². The molecule has 0 spiro atoms. The minimum atomic E-state index is -2.50. The van der Waals surface area contributed by atoms with Crippen molar-refractivity contribution in [2.24, 2.45) is 7.05 Å². The number of hydrogen-bond donors (Lipinski definition) is 0. The van der Waals surface area contributed by atoms with Gasteiger partial charge < -0.3 is 4.42 Å². The van der Waals surface area contributed by atoms with Gasteiger partial charge in [-0.25, -0.2) is 4.85 Å². The Morgan fingerprint density at radius 2 is 1.82 bits per heavy atom. The quantitative estimate of drug-likeness (QED) is 0.208. The molecule has 2 aromatic heterocycles. The fraction of sp³-hybridized carbons (Fsp3) is 0.200. The van der Waals surface area contributed by atoms with E-state index in [0.29, 0.717) is 22.4 Å². The molecule has 2 heterocycles. The number of fused-ring (bicyclic) bond motifs is 3. The van der Waals surface area contributed by atoms with E-state index < -0.39 is 12.7 Å². The summed E-state index contributed by atoms with van der Waals surface area (Å²) < 4.78 is 41.2. The predicted octanol–water partition coefficient (Wildman–Crippen LogP) is 8.04. The monoisotopic (exact) mass is 435 g/mol. The molecule has 0 aliphatic carbocycles. The van der Waals surface area contributed by atoms with Gasteiger partial charge in [0.25, 0.3) is 0 Å². The lowest BCUT2D eigenvalue weighted by molar-refractivity contribution is -0.666. The number of aryl methyl sites for hydroxylation is 2. The molecule has 0 N–H and O–H groups in total. The smallest absolute Gasteiger partial charge is 0.229 e. The average molecular weight is 436 g/mol. The molecule has 5 rings (SSSR count). The van der Waals surface area contributed by atoms with Crippen LogP contribution in [0, 0.1) is 20.4 Å². The number of pyridine rings is 1. The van der Waals surface area contributed by atoms with Gasteiger partial charge in [0, 0.05) is 35.3 Å².